The molecule has 17 heavy (non-hydrogen) atoms. The second-order valence-electron chi connectivity index (χ2n) is 4.34. The molecule has 0 saturated carbocycles. The van der Waals surface area contributed by atoms with Gasteiger partial charge in [0.2, 0.25) is 0 Å². The zero-order chi connectivity index (χ0) is 13.0. The third kappa shape index (κ3) is 3.35. The van der Waals surface area contributed by atoms with Crippen molar-refractivity contribution in [1.82, 2.24) is 4.90 Å². The third-order valence-electron chi connectivity index (χ3n) is 3.09. The fourth-order valence-electron chi connectivity index (χ4n) is 2.05. The van der Waals surface area contributed by atoms with Crippen LogP contribution < -0.4 is 5.73 Å². The Balaban J connectivity index is 2.65. The maximum atomic E-state index is 9.91. The van der Waals surface area contributed by atoms with Crippen LogP contribution in [0.3, 0.4) is 0 Å². The lowest BCUT2D eigenvalue weighted by molar-refractivity contribution is -0.270. The highest BCUT2D eigenvalue weighted by Gasteiger charge is 2.45. The molecule has 0 radical (unpaired) electrons. The number of aliphatic hydroxyl groups excluding tert-OH is 4. The summed E-state index contributed by atoms with van der Waals surface area (Å²) in [5, 5.41) is 38.3. The van der Waals surface area contributed by atoms with Crippen LogP contribution in [-0.2, 0) is 4.74 Å². The van der Waals surface area contributed by atoms with Crippen LogP contribution >= 0.6 is 0 Å². The maximum absolute atomic E-state index is 9.91. The van der Waals surface area contributed by atoms with Crippen LogP contribution in [0.4, 0.5) is 0 Å². The molecule has 1 heterocycles. The second kappa shape index (κ2) is 6.60. The van der Waals surface area contributed by atoms with Crippen molar-refractivity contribution in [2.45, 2.75) is 37.1 Å². The Kier molecular flexibility index (Phi) is 5.74. The highest BCUT2D eigenvalue weighted by molar-refractivity contribution is 4.93. The van der Waals surface area contributed by atoms with E-state index in [0.717, 1.165) is 0 Å². The van der Waals surface area contributed by atoms with E-state index in [1.807, 2.05) is 0 Å². The lowest BCUT2D eigenvalue weighted by atomic mass is 9.96. The van der Waals surface area contributed by atoms with E-state index in [4.69, 9.17) is 15.6 Å². The molecule has 7 heteroatoms. The number of rotatable bonds is 5. The number of likely N-dealkylation sites (N-methyl/N-ethyl adjacent to an activating group) is 1. The number of hydrogen-bond donors (Lipinski definition) is 5. The molecule has 6 N–H and O–H groups in total. The Morgan fingerprint density at radius 1 is 1.24 bits per heavy atom. The first-order valence-electron chi connectivity index (χ1n) is 5.73. The highest BCUT2D eigenvalue weighted by Crippen LogP contribution is 2.23. The number of hydrogen-bond acceptors (Lipinski definition) is 7. The summed E-state index contributed by atoms with van der Waals surface area (Å²) in [4.78, 5) is 1.69. The van der Waals surface area contributed by atoms with Crippen molar-refractivity contribution in [2.75, 3.05) is 26.7 Å². The van der Waals surface area contributed by atoms with Crippen LogP contribution in [0.5, 0.6) is 0 Å². The van der Waals surface area contributed by atoms with Crippen LogP contribution in [0.15, 0.2) is 0 Å². The van der Waals surface area contributed by atoms with E-state index >= 15 is 0 Å². The van der Waals surface area contributed by atoms with Gasteiger partial charge >= 0.3 is 0 Å². The summed E-state index contributed by atoms with van der Waals surface area (Å²) in [6, 6.07) is -0.723. The van der Waals surface area contributed by atoms with E-state index in [0.29, 0.717) is 19.5 Å². The van der Waals surface area contributed by atoms with Gasteiger partial charge in [-0.15, -0.1) is 0 Å². The van der Waals surface area contributed by atoms with Crippen LogP contribution in [0.1, 0.15) is 6.42 Å². The van der Waals surface area contributed by atoms with Gasteiger partial charge in [-0.1, -0.05) is 0 Å². The zero-order valence-electron chi connectivity index (χ0n) is 9.94. The highest BCUT2D eigenvalue weighted by atomic mass is 16.6. The lowest BCUT2D eigenvalue weighted by Gasteiger charge is -2.44. The summed E-state index contributed by atoms with van der Waals surface area (Å²) in [5.74, 6) is 0. The summed E-state index contributed by atoms with van der Waals surface area (Å²) >= 11 is 0. The molecule has 7 nitrogen and oxygen atoms in total. The zero-order valence-corrected chi connectivity index (χ0v) is 9.94. The largest absolute Gasteiger partial charge is 0.394 e. The molecule has 102 valence electrons. The average molecular weight is 250 g/mol. The summed E-state index contributed by atoms with van der Waals surface area (Å²) in [5.41, 5.74) is 5.38. The number of aliphatic hydroxyl groups is 4. The molecule has 0 aromatic rings. The van der Waals surface area contributed by atoms with Gasteiger partial charge in [0.05, 0.1) is 12.6 Å². The molecule has 1 unspecified atom stereocenters. The molecule has 1 saturated heterocycles. The average Bonchev–Trinajstić information content (AvgIpc) is 2.31. The number of ether oxygens (including phenoxy) is 1. The van der Waals surface area contributed by atoms with Crippen molar-refractivity contribution in [3.63, 3.8) is 0 Å². The first-order chi connectivity index (χ1) is 8.02. The fraction of sp³-hybridized carbons (Fsp3) is 1.00. The van der Waals surface area contributed by atoms with Gasteiger partial charge in [0.25, 0.3) is 0 Å². The van der Waals surface area contributed by atoms with Crippen LogP contribution in [0, 0.1) is 0 Å². The molecule has 0 amide bonds. The third-order valence-corrected chi connectivity index (χ3v) is 3.09. The molecule has 1 aliphatic heterocycles. The van der Waals surface area contributed by atoms with E-state index in [2.05, 4.69) is 0 Å². The SMILES string of the molecule is CN(CCCN)[C@H]1C(O)O[C@H](CO)[C@@H](O)[C@@H]1O. The second-order valence-corrected chi connectivity index (χ2v) is 4.34. The maximum Gasteiger partial charge on any atom is 0.173 e. The van der Waals surface area contributed by atoms with Gasteiger partial charge in [-0.3, -0.25) is 4.90 Å². The summed E-state index contributed by atoms with van der Waals surface area (Å²) in [6.45, 7) is 0.635. The van der Waals surface area contributed by atoms with Crippen LogP contribution in [0.25, 0.3) is 0 Å². The molecular weight excluding hydrogens is 228 g/mol. The molecule has 0 spiro atoms. The van der Waals surface area contributed by atoms with Gasteiger partial charge in [-0.2, -0.15) is 0 Å². The molecule has 5 atom stereocenters. The standard InChI is InChI=1S/C10H22N2O5/c1-12(4-2-3-11)7-9(15)8(14)6(5-13)17-10(7)16/h6-10,13-16H,2-5,11H2,1H3/t6-,7-,8-,9-,10?/m1/s1. The molecule has 0 bridgehead atoms. The quantitative estimate of drug-likeness (QED) is 0.354. The van der Waals surface area contributed by atoms with E-state index in [9.17, 15) is 15.3 Å². The molecule has 0 aromatic heterocycles. The van der Waals surface area contributed by atoms with Gasteiger partial charge < -0.3 is 30.9 Å². The fourth-order valence-corrected chi connectivity index (χ4v) is 2.05. The minimum absolute atomic E-state index is 0.450. The Morgan fingerprint density at radius 3 is 2.41 bits per heavy atom. The summed E-state index contributed by atoms with van der Waals surface area (Å²) in [6.07, 6.45) is -3.87. The van der Waals surface area contributed by atoms with Gasteiger partial charge in [-0.05, 0) is 26.6 Å². The van der Waals surface area contributed by atoms with Gasteiger partial charge in [-0.25, -0.2) is 0 Å². The van der Waals surface area contributed by atoms with Gasteiger partial charge in [0, 0.05) is 0 Å². The monoisotopic (exact) mass is 250 g/mol. The van der Waals surface area contributed by atoms with Crippen molar-refractivity contribution in [3.05, 3.63) is 0 Å². The predicted octanol–water partition coefficient (Wildman–Crippen LogP) is -2.93. The van der Waals surface area contributed by atoms with E-state index in [-0.39, 0.29) is 0 Å². The summed E-state index contributed by atoms with van der Waals surface area (Å²) in [7, 11) is 1.71. The minimum atomic E-state index is -1.24. The molecule has 0 aliphatic carbocycles. The molecule has 1 fully saturated rings. The smallest absolute Gasteiger partial charge is 0.173 e. The van der Waals surface area contributed by atoms with Crippen molar-refractivity contribution >= 4 is 0 Å². The van der Waals surface area contributed by atoms with Crippen LogP contribution in [-0.4, -0.2) is 82.7 Å². The number of nitrogens with zero attached hydrogens (tertiary/aromatic N) is 1. The van der Waals surface area contributed by atoms with E-state index in [1.54, 1.807) is 11.9 Å². The first kappa shape index (κ1) is 14.8. The topological polar surface area (TPSA) is 119 Å². The Bertz CT molecular complexity index is 227. The Labute approximate surface area is 100 Å². The van der Waals surface area contributed by atoms with Crippen molar-refractivity contribution in [1.29, 1.82) is 0 Å². The Morgan fingerprint density at radius 2 is 1.88 bits per heavy atom. The number of nitrogens with two attached hydrogens (primary N) is 1. The van der Waals surface area contributed by atoms with Crippen molar-refractivity contribution in [3.8, 4) is 0 Å². The van der Waals surface area contributed by atoms with Crippen molar-refractivity contribution in [2.24, 2.45) is 5.73 Å². The predicted molar refractivity (Wildman–Crippen MR) is 60.1 cm³/mol. The molecule has 1 aliphatic rings. The normalized spacial score (nSPS) is 38.6. The summed E-state index contributed by atoms with van der Waals surface area (Å²) < 4.78 is 5.05. The van der Waals surface area contributed by atoms with Crippen molar-refractivity contribution < 1.29 is 25.2 Å². The van der Waals surface area contributed by atoms with Gasteiger partial charge in [0.1, 0.15) is 18.3 Å². The van der Waals surface area contributed by atoms with E-state index < -0.39 is 37.3 Å². The lowest BCUT2D eigenvalue weighted by Crippen LogP contribution is -2.63. The molecule has 0 aromatic carbocycles. The van der Waals surface area contributed by atoms with E-state index in [1.165, 1.54) is 0 Å². The minimum Gasteiger partial charge on any atom is -0.394 e. The molecule has 1 rings (SSSR count). The Hall–Kier alpha value is -0.280. The van der Waals surface area contributed by atoms with Gasteiger partial charge in [0.15, 0.2) is 6.29 Å². The van der Waals surface area contributed by atoms with Crippen LogP contribution in [0.2, 0.25) is 0 Å². The molecular formula is C10H22N2O5. The first-order valence-corrected chi connectivity index (χ1v) is 5.73.